The van der Waals surface area contributed by atoms with Crippen molar-refractivity contribution in [2.24, 2.45) is 0 Å². The number of para-hydroxylation sites is 1. The smallest absolute Gasteiger partial charge is 0.223 e. The van der Waals surface area contributed by atoms with Gasteiger partial charge in [-0.3, -0.25) is 4.79 Å². The van der Waals surface area contributed by atoms with E-state index >= 15 is 0 Å². The standard InChI is InChI=1S/C19H19NO2/c1-13(21)20-10-3-5-14-4-2-6-17(19(14)20)15-7-8-18-16(12-15)9-11-22-18/h2,4,6-8,12H,3,5,9-11H2,1H3. The Labute approximate surface area is 130 Å². The molecule has 0 unspecified atom stereocenters. The van der Waals surface area contributed by atoms with Gasteiger partial charge in [0.25, 0.3) is 0 Å². The number of rotatable bonds is 1. The van der Waals surface area contributed by atoms with E-state index < -0.39 is 0 Å². The third kappa shape index (κ3) is 2.08. The van der Waals surface area contributed by atoms with Crippen LogP contribution in [0, 0.1) is 0 Å². The molecule has 1 amide bonds. The van der Waals surface area contributed by atoms with Crippen LogP contribution in [0.25, 0.3) is 11.1 Å². The summed E-state index contributed by atoms with van der Waals surface area (Å²) in [5.74, 6) is 1.12. The molecule has 2 aromatic rings. The Kier molecular flexibility index (Phi) is 3.14. The summed E-state index contributed by atoms with van der Waals surface area (Å²) in [5, 5.41) is 0. The molecule has 2 aliphatic heterocycles. The molecule has 0 aromatic heterocycles. The van der Waals surface area contributed by atoms with E-state index in [2.05, 4.69) is 36.4 Å². The largest absolute Gasteiger partial charge is 0.493 e. The van der Waals surface area contributed by atoms with E-state index in [9.17, 15) is 4.79 Å². The third-order valence-electron chi connectivity index (χ3n) is 4.60. The average Bonchev–Trinajstić information content (AvgIpc) is 3.01. The number of carbonyl (C=O) groups is 1. The number of nitrogens with zero attached hydrogens (tertiary/aromatic N) is 1. The fraction of sp³-hybridized carbons (Fsp3) is 0.316. The minimum Gasteiger partial charge on any atom is -0.493 e. The van der Waals surface area contributed by atoms with Crippen LogP contribution in [0.1, 0.15) is 24.5 Å². The quantitative estimate of drug-likeness (QED) is 0.804. The number of benzene rings is 2. The van der Waals surface area contributed by atoms with Gasteiger partial charge in [0.15, 0.2) is 0 Å². The Balaban J connectivity index is 1.87. The van der Waals surface area contributed by atoms with Gasteiger partial charge in [-0.25, -0.2) is 0 Å². The first-order chi connectivity index (χ1) is 10.7. The van der Waals surface area contributed by atoms with E-state index in [-0.39, 0.29) is 5.91 Å². The normalized spacial score (nSPS) is 16.0. The summed E-state index contributed by atoms with van der Waals surface area (Å²) in [5.41, 5.74) is 5.97. The van der Waals surface area contributed by atoms with Gasteiger partial charge in [-0.2, -0.15) is 0 Å². The summed E-state index contributed by atoms with van der Waals surface area (Å²) in [6, 6.07) is 12.7. The predicted octanol–water partition coefficient (Wildman–Crippen LogP) is 3.59. The number of ether oxygens (including phenoxy) is 1. The van der Waals surface area contributed by atoms with Crippen molar-refractivity contribution in [3.63, 3.8) is 0 Å². The molecule has 4 rings (SSSR count). The maximum absolute atomic E-state index is 12.0. The fourth-order valence-corrected chi connectivity index (χ4v) is 3.55. The topological polar surface area (TPSA) is 29.5 Å². The lowest BCUT2D eigenvalue weighted by atomic mass is 9.93. The molecule has 0 saturated carbocycles. The molecular formula is C19H19NO2. The van der Waals surface area contributed by atoms with Gasteiger partial charge in [-0.05, 0) is 41.7 Å². The van der Waals surface area contributed by atoms with Gasteiger partial charge in [0.1, 0.15) is 5.75 Å². The van der Waals surface area contributed by atoms with E-state index in [0.29, 0.717) is 0 Å². The van der Waals surface area contributed by atoms with Crippen molar-refractivity contribution in [3.8, 4) is 16.9 Å². The van der Waals surface area contributed by atoms with Crippen molar-refractivity contribution in [1.29, 1.82) is 0 Å². The minimum atomic E-state index is 0.123. The second-order valence-electron chi connectivity index (χ2n) is 6.01. The molecule has 2 aliphatic rings. The highest BCUT2D eigenvalue weighted by Crippen LogP contribution is 2.39. The number of carbonyl (C=O) groups excluding carboxylic acids is 1. The van der Waals surface area contributed by atoms with Crippen LogP contribution in [0.15, 0.2) is 36.4 Å². The van der Waals surface area contributed by atoms with Crippen molar-refractivity contribution in [1.82, 2.24) is 0 Å². The molecule has 0 N–H and O–H groups in total. The van der Waals surface area contributed by atoms with Crippen molar-refractivity contribution < 1.29 is 9.53 Å². The number of hydrogen-bond donors (Lipinski definition) is 0. The lowest BCUT2D eigenvalue weighted by Gasteiger charge is -2.31. The molecular weight excluding hydrogens is 274 g/mol. The molecule has 0 saturated heterocycles. The molecule has 0 bridgehead atoms. The highest BCUT2D eigenvalue weighted by molar-refractivity contribution is 5.98. The van der Waals surface area contributed by atoms with Crippen molar-refractivity contribution in [3.05, 3.63) is 47.5 Å². The second-order valence-corrected chi connectivity index (χ2v) is 6.01. The summed E-state index contributed by atoms with van der Waals surface area (Å²) in [6.45, 7) is 3.24. The number of fused-ring (bicyclic) bond motifs is 2. The van der Waals surface area contributed by atoms with Crippen LogP contribution < -0.4 is 9.64 Å². The number of hydrogen-bond acceptors (Lipinski definition) is 2. The molecule has 0 atom stereocenters. The van der Waals surface area contributed by atoms with Crippen LogP contribution in [0.5, 0.6) is 5.75 Å². The fourth-order valence-electron chi connectivity index (χ4n) is 3.55. The molecule has 2 aromatic carbocycles. The monoisotopic (exact) mass is 293 g/mol. The molecule has 3 nitrogen and oxygen atoms in total. The minimum absolute atomic E-state index is 0.123. The molecule has 0 fully saturated rings. The van der Waals surface area contributed by atoms with E-state index in [1.165, 1.54) is 16.7 Å². The van der Waals surface area contributed by atoms with Crippen molar-refractivity contribution >= 4 is 11.6 Å². The zero-order valence-corrected chi connectivity index (χ0v) is 12.8. The second kappa shape index (κ2) is 5.16. The van der Waals surface area contributed by atoms with Crippen molar-refractivity contribution in [2.45, 2.75) is 26.2 Å². The molecule has 22 heavy (non-hydrogen) atoms. The van der Waals surface area contributed by atoms with Crippen LogP contribution in [-0.2, 0) is 17.6 Å². The Hall–Kier alpha value is -2.29. The molecule has 0 spiro atoms. The Bertz CT molecular complexity index is 751. The predicted molar refractivity (Wildman–Crippen MR) is 87.4 cm³/mol. The van der Waals surface area contributed by atoms with Crippen LogP contribution in [0.4, 0.5) is 5.69 Å². The van der Waals surface area contributed by atoms with Crippen LogP contribution in [0.2, 0.25) is 0 Å². The van der Waals surface area contributed by atoms with Gasteiger partial charge in [0.05, 0.1) is 12.3 Å². The summed E-state index contributed by atoms with van der Waals surface area (Å²) in [6.07, 6.45) is 3.05. The summed E-state index contributed by atoms with van der Waals surface area (Å²) < 4.78 is 5.60. The van der Waals surface area contributed by atoms with Gasteiger partial charge >= 0.3 is 0 Å². The van der Waals surface area contributed by atoms with Crippen LogP contribution in [-0.4, -0.2) is 19.1 Å². The zero-order chi connectivity index (χ0) is 15.1. The maximum Gasteiger partial charge on any atom is 0.223 e. The lowest BCUT2D eigenvalue weighted by Crippen LogP contribution is -2.34. The van der Waals surface area contributed by atoms with E-state index in [1.807, 2.05) is 4.90 Å². The zero-order valence-electron chi connectivity index (χ0n) is 12.8. The van der Waals surface area contributed by atoms with E-state index in [0.717, 1.165) is 49.4 Å². The van der Waals surface area contributed by atoms with Gasteiger partial charge in [-0.15, -0.1) is 0 Å². The first kappa shape index (κ1) is 13.4. The van der Waals surface area contributed by atoms with E-state index in [4.69, 9.17) is 4.74 Å². The van der Waals surface area contributed by atoms with Gasteiger partial charge < -0.3 is 9.64 Å². The lowest BCUT2D eigenvalue weighted by molar-refractivity contribution is -0.116. The van der Waals surface area contributed by atoms with Crippen LogP contribution >= 0.6 is 0 Å². The number of amides is 1. The third-order valence-corrected chi connectivity index (χ3v) is 4.60. The molecule has 2 heterocycles. The average molecular weight is 293 g/mol. The molecule has 3 heteroatoms. The Morgan fingerprint density at radius 3 is 2.91 bits per heavy atom. The first-order valence-corrected chi connectivity index (χ1v) is 7.90. The Morgan fingerprint density at radius 2 is 2.05 bits per heavy atom. The Morgan fingerprint density at radius 1 is 1.14 bits per heavy atom. The molecule has 112 valence electrons. The van der Waals surface area contributed by atoms with Crippen LogP contribution in [0.3, 0.4) is 0 Å². The van der Waals surface area contributed by atoms with Crippen molar-refractivity contribution in [2.75, 3.05) is 18.1 Å². The SMILES string of the molecule is CC(=O)N1CCCc2cccc(-c3ccc4c(c3)CCO4)c21. The van der Waals surface area contributed by atoms with Gasteiger partial charge in [0.2, 0.25) is 5.91 Å². The molecule has 0 aliphatic carbocycles. The molecule has 0 radical (unpaired) electrons. The highest BCUT2D eigenvalue weighted by atomic mass is 16.5. The summed E-state index contributed by atoms with van der Waals surface area (Å²) in [7, 11) is 0. The van der Waals surface area contributed by atoms with E-state index in [1.54, 1.807) is 6.92 Å². The van der Waals surface area contributed by atoms with Gasteiger partial charge in [-0.1, -0.05) is 24.3 Å². The van der Waals surface area contributed by atoms with Gasteiger partial charge in [0, 0.05) is 25.5 Å². The highest BCUT2D eigenvalue weighted by Gasteiger charge is 2.24. The first-order valence-electron chi connectivity index (χ1n) is 7.90. The maximum atomic E-state index is 12.0. The number of aryl methyl sites for hydroxylation is 1. The number of anilines is 1. The summed E-state index contributed by atoms with van der Waals surface area (Å²) in [4.78, 5) is 14.0. The summed E-state index contributed by atoms with van der Waals surface area (Å²) >= 11 is 0.